The van der Waals surface area contributed by atoms with Gasteiger partial charge in [-0.3, -0.25) is 14.6 Å². The topological polar surface area (TPSA) is 115 Å². The van der Waals surface area contributed by atoms with Crippen LogP contribution in [0.4, 0.5) is 28.9 Å². The zero-order chi connectivity index (χ0) is 28.2. The van der Waals surface area contributed by atoms with Crippen molar-refractivity contribution in [1.82, 2.24) is 20.3 Å². The SMILES string of the molecule is COc1ncc(C(=O)C[C@@]2(C(=O)NCc3ncc(Nc4ccc(Cl)cc4C(F)(F)F)cc3F)CCOC2)cn1. The summed E-state index contributed by atoms with van der Waals surface area (Å²) in [6, 6.07) is 4.20. The van der Waals surface area contributed by atoms with Crippen molar-refractivity contribution >= 4 is 34.7 Å². The molecule has 0 unspecified atom stereocenters. The maximum Gasteiger partial charge on any atom is 0.418 e. The van der Waals surface area contributed by atoms with Gasteiger partial charge in [-0.15, -0.1) is 0 Å². The van der Waals surface area contributed by atoms with Crippen LogP contribution in [0.5, 0.6) is 6.01 Å². The summed E-state index contributed by atoms with van der Waals surface area (Å²) in [5, 5.41) is 4.98. The monoisotopic (exact) mass is 567 g/mol. The summed E-state index contributed by atoms with van der Waals surface area (Å²) in [4.78, 5) is 37.7. The minimum Gasteiger partial charge on any atom is -0.467 e. The molecule has 0 radical (unpaired) electrons. The van der Waals surface area contributed by atoms with Crippen LogP contribution in [0.25, 0.3) is 0 Å². The van der Waals surface area contributed by atoms with E-state index in [9.17, 15) is 27.2 Å². The molecule has 0 spiro atoms. The van der Waals surface area contributed by atoms with Gasteiger partial charge in [0.15, 0.2) is 5.78 Å². The molecule has 3 heterocycles. The number of hydrogen-bond acceptors (Lipinski definition) is 8. The zero-order valence-corrected chi connectivity index (χ0v) is 21.2. The summed E-state index contributed by atoms with van der Waals surface area (Å²) in [7, 11) is 1.39. The highest BCUT2D eigenvalue weighted by atomic mass is 35.5. The summed E-state index contributed by atoms with van der Waals surface area (Å²) < 4.78 is 65.1. The van der Waals surface area contributed by atoms with E-state index in [0.717, 1.165) is 24.4 Å². The van der Waals surface area contributed by atoms with Crippen molar-refractivity contribution < 1.29 is 36.6 Å². The van der Waals surface area contributed by atoms with Crippen molar-refractivity contribution in [3.05, 3.63) is 70.5 Å². The molecule has 39 heavy (non-hydrogen) atoms. The Bertz CT molecular complexity index is 1370. The fourth-order valence-electron chi connectivity index (χ4n) is 4.01. The predicted molar refractivity (Wildman–Crippen MR) is 131 cm³/mol. The van der Waals surface area contributed by atoms with Crippen LogP contribution in [0, 0.1) is 11.2 Å². The van der Waals surface area contributed by atoms with Gasteiger partial charge in [-0.05, 0) is 24.6 Å². The Balaban J connectivity index is 1.43. The van der Waals surface area contributed by atoms with E-state index in [-0.39, 0.29) is 72.0 Å². The largest absolute Gasteiger partial charge is 0.467 e. The van der Waals surface area contributed by atoms with Gasteiger partial charge in [0, 0.05) is 36.5 Å². The Morgan fingerprint density at radius 2 is 1.90 bits per heavy atom. The summed E-state index contributed by atoms with van der Waals surface area (Å²) in [5.74, 6) is -1.76. The molecule has 3 aromatic rings. The highest BCUT2D eigenvalue weighted by molar-refractivity contribution is 6.30. The second-order valence-electron chi connectivity index (χ2n) is 8.79. The molecule has 1 aliphatic rings. The van der Waals surface area contributed by atoms with Crippen LogP contribution in [0.15, 0.2) is 42.9 Å². The van der Waals surface area contributed by atoms with Gasteiger partial charge in [0.1, 0.15) is 5.82 Å². The number of nitrogens with zero attached hydrogens (tertiary/aromatic N) is 3. The fourth-order valence-corrected chi connectivity index (χ4v) is 4.18. The van der Waals surface area contributed by atoms with Crippen LogP contribution < -0.4 is 15.4 Å². The second kappa shape index (κ2) is 11.5. The van der Waals surface area contributed by atoms with Crippen molar-refractivity contribution in [3.8, 4) is 6.01 Å². The number of pyridine rings is 1. The first-order chi connectivity index (χ1) is 18.5. The second-order valence-corrected chi connectivity index (χ2v) is 9.23. The number of alkyl halides is 3. The molecule has 14 heteroatoms. The van der Waals surface area contributed by atoms with E-state index in [0.29, 0.717) is 0 Å². The highest BCUT2D eigenvalue weighted by Gasteiger charge is 2.44. The molecule has 1 amide bonds. The van der Waals surface area contributed by atoms with Crippen LogP contribution >= 0.6 is 11.6 Å². The van der Waals surface area contributed by atoms with E-state index in [1.54, 1.807) is 0 Å². The lowest BCUT2D eigenvalue weighted by Crippen LogP contribution is -2.43. The maximum absolute atomic E-state index is 14.8. The molecule has 0 saturated carbocycles. The third-order valence-electron chi connectivity index (χ3n) is 6.12. The van der Waals surface area contributed by atoms with Gasteiger partial charge in [-0.2, -0.15) is 13.2 Å². The number of amides is 1. The Hall–Kier alpha value is -3.84. The predicted octanol–water partition coefficient (Wildman–Crippen LogP) is 4.73. The number of rotatable bonds is 9. The Labute approximate surface area is 224 Å². The van der Waals surface area contributed by atoms with Crippen molar-refractivity contribution in [3.63, 3.8) is 0 Å². The highest BCUT2D eigenvalue weighted by Crippen LogP contribution is 2.38. The van der Waals surface area contributed by atoms with Gasteiger partial charge in [-0.1, -0.05) is 11.6 Å². The zero-order valence-electron chi connectivity index (χ0n) is 20.4. The van der Waals surface area contributed by atoms with E-state index >= 15 is 0 Å². The minimum absolute atomic E-state index is 0.0109. The van der Waals surface area contributed by atoms with E-state index in [1.165, 1.54) is 25.6 Å². The normalized spacial score (nSPS) is 17.1. The maximum atomic E-state index is 14.8. The standard InChI is InChI=1S/C25H22ClF4N5O4/c1-38-23-33-9-14(10-34-23)21(36)8-24(4-5-39-13-24)22(37)32-12-20-18(27)7-16(11-31-20)35-19-3-2-15(26)6-17(19)25(28,29)30/h2-3,6-7,9-11,35H,4-5,8,12-13H2,1H3,(H,32,37)/t24-/m0/s1. The lowest BCUT2D eigenvalue weighted by atomic mass is 9.80. The summed E-state index contributed by atoms with van der Waals surface area (Å²) in [6.07, 6.45) is -0.872. The third-order valence-corrected chi connectivity index (χ3v) is 6.35. The number of ketones is 1. The number of benzene rings is 1. The molecule has 1 fully saturated rings. The molecule has 2 N–H and O–H groups in total. The molecule has 206 valence electrons. The van der Waals surface area contributed by atoms with Crippen molar-refractivity contribution in [2.24, 2.45) is 5.41 Å². The van der Waals surface area contributed by atoms with Crippen molar-refractivity contribution in [1.29, 1.82) is 0 Å². The molecular weight excluding hydrogens is 546 g/mol. The number of carbonyl (C=O) groups is 2. The van der Waals surface area contributed by atoms with E-state index in [4.69, 9.17) is 21.1 Å². The molecule has 4 rings (SSSR count). The summed E-state index contributed by atoms with van der Waals surface area (Å²) >= 11 is 5.69. The number of nitrogens with one attached hydrogen (secondary N) is 2. The molecule has 1 saturated heterocycles. The molecule has 0 bridgehead atoms. The Morgan fingerprint density at radius 1 is 1.15 bits per heavy atom. The van der Waals surface area contributed by atoms with Gasteiger partial charge in [0.05, 0.1) is 60.1 Å². The van der Waals surface area contributed by atoms with E-state index in [1.807, 2.05) is 0 Å². The molecule has 9 nitrogen and oxygen atoms in total. The third kappa shape index (κ3) is 6.60. The van der Waals surface area contributed by atoms with Gasteiger partial charge in [-0.25, -0.2) is 14.4 Å². The van der Waals surface area contributed by atoms with Crippen LogP contribution in [0.1, 0.15) is 34.5 Å². The van der Waals surface area contributed by atoms with Crippen LogP contribution in [0.3, 0.4) is 0 Å². The van der Waals surface area contributed by atoms with E-state index in [2.05, 4.69) is 25.6 Å². The molecule has 1 aromatic carbocycles. The number of aromatic nitrogens is 3. The lowest BCUT2D eigenvalue weighted by Gasteiger charge is -2.25. The molecule has 0 aliphatic carbocycles. The van der Waals surface area contributed by atoms with E-state index < -0.39 is 28.9 Å². The van der Waals surface area contributed by atoms with Gasteiger partial charge >= 0.3 is 12.2 Å². The first-order valence-electron chi connectivity index (χ1n) is 11.5. The molecule has 1 aliphatic heterocycles. The fraction of sp³-hybridized carbons (Fsp3) is 0.320. The molecule has 1 atom stereocenters. The smallest absolute Gasteiger partial charge is 0.418 e. The number of halogens is 5. The van der Waals surface area contributed by atoms with Crippen molar-refractivity contribution in [2.45, 2.75) is 25.6 Å². The quantitative estimate of drug-likeness (QED) is 0.282. The number of Topliss-reactive ketones (excluding diaryl/α,β-unsaturated/α-hetero) is 1. The molecule has 2 aromatic heterocycles. The first kappa shape index (κ1) is 28.2. The van der Waals surface area contributed by atoms with Crippen molar-refractivity contribution in [2.75, 3.05) is 25.6 Å². The van der Waals surface area contributed by atoms with Gasteiger partial charge < -0.3 is 20.1 Å². The average molecular weight is 568 g/mol. The number of carbonyl (C=O) groups excluding carboxylic acids is 2. The average Bonchev–Trinajstić information content (AvgIpc) is 3.38. The summed E-state index contributed by atoms with van der Waals surface area (Å²) in [5.41, 5.74) is -2.53. The Morgan fingerprint density at radius 3 is 2.51 bits per heavy atom. The number of ether oxygens (including phenoxy) is 2. The number of anilines is 2. The van der Waals surface area contributed by atoms with Gasteiger partial charge in [0.2, 0.25) is 5.91 Å². The summed E-state index contributed by atoms with van der Waals surface area (Å²) in [6.45, 7) is -0.0678. The first-order valence-corrected chi connectivity index (χ1v) is 11.9. The lowest BCUT2D eigenvalue weighted by molar-refractivity contribution is -0.137. The number of hydrogen-bond donors (Lipinski definition) is 2. The van der Waals surface area contributed by atoms with Crippen LogP contribution in [-0.2, 0) is 22.3 Å². The minimum atomic E-state index is -4.69. The molecular formula is C25H22ClF4N5O4. The Kier molecular flexibility index (Phi) is 8.31. The van der Waals surface area contributed by atoms with Crippen LogP contribution in [0.2, 0.25) is 5.02 Å². The van der Waals surface area contributed by atoms with Crippen LogP contribution in [-0.4, -0.2) is 47.0 Å². The number of methoxy groups -OCH3 is 1. The van der Waals surface area contributed by atoms with Gasteiger partial charge in [0.25, 0.3) is 0 Å².